The van der Waals surface area contributed by atoms with E-state index in [9.17, 15) is 9.59 Å². The second-order valence-corrected chi connectivity index (χ2v) is 7.17. The lowest BCUT2D eigenvalue weighted by atomic mass is 9.89. The number of methoxy groups -OCH3 is 1. The molecule has 0 saturated heterocycles. The van der Waals surface area contributed by atoms with Crippen LogP contribution in [0.15, 0.2) is 22.7 Å². The summed E-state index contributed by atoms with van der Waals surface area (Å²) in [5, 5.41) is 2.79. The first-order chi connectivity index (χ1) is 11.5. The Hall–Kier alpha value is -1.56. The number of benzene rings is 1. The van der Waals surface area contributed by atoms with E-state index in [1.165, 1.54) is 6.42 Å². The van der Waals surface area contributed by atoms with Gasteiger partial charge < -0.3 is 15.0 Å². The van der Waals surface area contributed by atoms with E-state index < -0.39 is 0 Å². The first-order valence-corrected chi connectivity index (χ1v) is 9.14. The van der Waals surface area contributed by atoms with Crippen molar-refractivity contribution in [3.63, 3.8) is 0 Å². The van der Waals surface area contributed by atoms with Crippen LogP contribution in [0.3, 0.4) is 0 Å². The smallest absolute Gasteiger partial charge is 0.242 e. The Morgan fingerprint density at radius 3 is 2.67 bits per heavy atom. The zero-order chi connectivity index (χ0) is 17.5. The molecule has 0 unspecified atom stereocenters. The Kier molecular flexibility index (Phi) is 7.09. The van der Waals surface area contributed by atoms with E-state index in [1.54, 1.807) is 19.1 Å². The fourth-order valence-corrected chi connectivity index (χ4v) is 3.43. The third-order valence-corrected chi connectivity index (χ3v) is 4.96. The second-order valence-electron chi connectivity index (χ2n) is 6.26. The number of nitrogens with one attached hydrogen (secondary N) is 1. The minimum Gasteiger partial charge on any atom is -0.496 e. The quantitative estimate of drug-likeness (QED) is 0.803. The molecule has 2 rings (SSSR count). The lowest BCUT2D eigenvalue weighted by Gasteiger charge is -2.22. The van der Waals surface area contributed by atoms with Crippen molar-refractivity contribution < 1.29 is 14.3 Å². The van der Waals surface area contributed by atoms with Gasteiger partial charge in [-0.3, -0.25) is 9.59 Å². The van der Waals surface area contributed by atoms with E-state index in [-0.39, 0.29) is 24.3 Å². The van der Waals surface area contributed by atoms with Gasteiger partial charge in [0.15, 0.2) is 0 Å². The SMILES string of the molecule is COc1ccc(Br)cc1CN(C)C(=O)CNC(=O)C1CCCCC1. The van der Waals surface area contributed by atoms with Gasteiger partial charge in [-0.25, -0.2) is 0 Å². The third kappa shape index (κ3) is 5.23. The highest BCUT2D eigenvalue weighted by atomic mass is 79.9. The van der Waals surface area contributed by atoms with Gasteiger partial charge in [0, 0.05) is 29.5 Å². The van der Waals surface area contributed by atoms with E-state index in [2.05, 4.69) is 21.2 Å². The molecule has 0 radical (unpaired) electrons. The Balaban J connectivity index is 1.86. The van der Waals surface area contributed by atoms with Crippen LogP contribution in [0, 0.1) is 5.92 Å². The molecule has 0 aliphatic heterocycles. The molecule has 0 spiro atoms. The fraction of sp³-hybridized carbons (Fsp3) is 0.556. The fourth-order valence-electron chi connectivity index (χ4n) is 3.02. The maximum absolute atomic E-state index is 12.3. The summed E-state index contributed by atoms with van der Waals surface area (Å²) >= 11 is 3.43. The summed E-state index contributed by atoms with van der Waals surface area (Å²) in [6.45, 7) is 0.475. The van der Waals surface area contributed by atoms with Crippen LogP contribution in [0.25, 0.3) is 0 Å². The molecule has 1 aromatic carbocycles. The average Bonchev–Trinajstić information content (AvgIpc) is 2.60. The number of carbonyl (C=O) groups excluding carboxylic acids is 2. The van der Waals surface area contributed by atoms with Gasteiger partial charge in [-0.05, 0) is 31.0 Å². The summed E-state index contributed by atoms with van der Waals surface area (Å²) in [5.41, 5.74) is 0.918. The normalized spacial score (nSPS) is 15.0. The van der Waals surface area contributed by atoms with Crippen LogP contribution < -0.4 is 10.1 Å². The number of nitrogens with zero attached hydrogens (tertiary/aromatic N) is 1. The molecule has 6 heteroatoms. The van der Waals surface area contributed by atoms with Crippen LogP contribution in [0.2, 0.25) is 0 Å². The van der Waals surface area contributed by atoms with Gasteiger partial charge in [-0.1, -0.05) is 35.2 Å². The Morgan fingerprint density at radius 1 is 1.29 bits per heavy atom. The molecule has 132 valence electrons. The van der Waals surface area contributed by atoms with Gasteiger partial charge in [0.25, 0.3) is 0 Å². The molecule has 1 aliphatic carbocycles. The molecular weight excluding hydrogens is 372 g/mol. The number of amides is 2. The second kappa shape index (κ2) is 9.06. The summed E-state index contributed by atoms with van der Waals surface area (Å²) < 4.78 is 6.26. The first kappa shape index (κ1) is 18.8. The van der Waals surface area contributed by atoms with Crippen molar-refractivity contribution in [2.75, 3.05) is 20.7 Å². The van der Waals surface area contributed by atoms with Crippen molar-refractivity contribution in [1.82, 2.24) is 10.2 Å². The van der Waals surface area contributed by atoms with Crippen LogP contribution in [-0.2, 0) is 16.1 Å². The standard InChI is InChI=1S/C18H25BrN2O3/c1-21(12-14-10-15(19)8-9-16(14)24-2)17(22)11-20-18(23)13-6-4-3-5-7-13/h8-10,13H,3-7,11-12H2,1-2H3,(H,20,23). The zero-order valence-corrected chi connectivity index (χ0v) is 15.9. The largest absolute Gasteiger partial charge is 0.496 e. The maximum atomic E-state index is 12.3. The molecule has 24 heavy (non-hydrogen) atoms. The van der Waals surface area contributed by atoms with Gasteiger partial charge in [0.1, 0.15) is 5.75 Å². The highest BCUT2D eigenvalue weighted by Crippen LogP contribution is 2.24. The average molecular weight is 397 g/mol. The van der Waals surface area contributed by atoms with Crippen LogP contribution in [0.1, 0.15) is 37.7 Å². The predicted molar refractivity (Wildman–Crippen MR) is 96.8 cm³/mol. The van der Waals surface area contributed by atoms with E-state index in [4.69, 9.17) is 4.74 Å². The monoisotopic (exact) mass is 396 g/mol. The molecule has 5 nitrogen and oxygen atoms in total. The molecule has 1 saturated carbocycles. The highest BCUT2D eigenvalue weighted by Gasteiger charge is 2.22. The van der Waals surface area contributed by atoms with Crippen LogP contribution in [-0.4, -0.2) is 37.4 Å². The molecule has 0 aromatic heterocycles. The highest BCUT2D eigenvalue weighted by molar-refractivity contribution is 9.10. The summed E-state index contributed by atoms with van der Waals surface area (Å²) in [6.07, 6.45) is 5.29. The third-order valence-electron chi connectivity index (χ3n) is 4.47. The van der Waals surface area contributed by atoms with E-state index in [1.807, 2.05) is 18.2 Å². The van der Waals surface area contributed by atoms with Gasteiger partial charge in [-0.15, -0.1) is 0 Å². The Labute approximate surface area is 151 Å². The molecule has 0 atom stereocenters. The summed E-state index contributed by atoms with van der Waals surface area (Å²) in [5.74, 6) is 0.712. The Bertz CT molecular complexity index is 586. The summed E-state index contributed by atoms with van der Waals surface area (Å²) in [4.78, 5) is 26.0. The lowest BCUT2D eigenvalue weighted by molar-refractivity contribution is -0.133. The number of hydrogen-bond donors (Lipinski definition) is 1. The van der Waals surface area contributed by atoms with E-state index in [0.29, 0.717) is 6.54 Å². The minimum absolute atomic E-state index is 0.0106. The van der Waals surface area contributed by atoms with Gasteiger partial charge >= 0.3 is 0 Å². The zero-order valence-electron chi connectivity index (χ0n) is 14.3. The topological polar surface area (TPSA) is 58.6 Å². The lowest BCUT2D eigenvalue weighted by Crippen LogP contribution is -2.40. The van der Waals surface area contributed by atoms with Crippen molar-refractivity contribution in [1.29, 1.82) is 0 Å². The van der Waals surface area contributed by atoms with Crippen molar-refractivity contribution in [2.45, 2.75) is 38.6 Å². The number of ether oxygens (including phenoxy) is 1. The van der Waals surface area contributed by atoms with Gasteiger partial charge in [-0.2, -0.15) is 0 Å². The molecule has 2 amide bonds. The van der Waals surface area contributed by atoms with Crippen molar-refractivity contribution in [3.05, 3.63) is 28.2 Å². The maximum Gasteiger partial charge on any atom is 0.242 e. The molecule has 1 aliphatic rings. The van der Waals surface area contributed by atoms with E-state index >= 15 is 0 Å². The van der Waals surface area contributed by atoms with Crippen LogP contribution in [0.4, 0.5) is 0 Å². The van der Waals surface area contributed by atoms with Crippen LogP contribution >= 0.6 is 15.9 Å². The van der Waals surface area contributed by atoms with Crippen molar-refractivity contribution in [2.24, 2.45) is 5.92 Å². The van der Waals surface area contributed by atoms with Crippen molar-refractivity contribution >= 4 is 27.7 Å². The molecule has 1 fully saturated rings. The molecule has 0 bridgehead atoms. The molecule has 1 aromatic rings. The Morgan fingerprint density at radius 2 is 2.00 bits per heavy atom. The first-order valence-electron chi connectivity index (χ1n) is 8.35. The number of likely N-dealkylation sites (N-methyl/N-ethyl adjacent to an activating group) is 1. The number of halogens is 1. The summed E-state index contributed by atoms with van der Waals surface area (Å²) in [7, 11) is 3.34. The van der Waals surface area contributed by atoms with E-state index in [0.717, 1.165) is 41.5 Å². The summed E-state index contributed by atoms with van der Waals surface area (Å²) in [6, 6.07) is 5.69. The van der Waals surface area contributed by atoms with Gasteiger partial charge in [0.2, 0.25) is 11.8 Å². The molecular formula is C18H25BrN2O3. The van der Waals surface area contributed by atoms with Crippen molar-refractivity contribution in [3.8, 4) is 5.75 Å². The molecule has 1 N–H and O–H groups in total. The molecule has 0 heterocycles. The predicted octanol–water partition coefficient (Wildman–Crippen LogP) is 3.11. The minimum atomic E-state index is -0.110. The number of rotatable bonds is 6. The number of carbonyl (C=O) groups is 2. The van der Waals surface area contributed by atoms with Gasteiger partial charge in [0.05, 0.1) is 13.7 Å². The van der Waals surface area contributed by atoms with Crippen LogP contribution in [0.5, 0.6) is 5.75 Å². The number of hydrogen-bond acceptors (Lipinski definition) is 3.